The highest BCUT2D eigenvalue weighted by molar-refractivity contribution is 7.09. The van der Waals surface area contributed by atoms with Crippen molar-refractivity contribution in [1.82, 2.24) is 15.2 Å². The number of ether oxygens (including phenoxy) is 1. The lowest BCUT2D eigenvalue weighted by atomic mass is 10.3. The number of nitrogens with zero attached hydrogens (tertiary/aromatic N) is 3. The van der Waals surface area contributed by atoms with Crippen molar-refractivity contribution in [2.24, 2.45) is 0 Å². The van der Waals surface area contributed by atoms with E-state index in [1.54, 1.807) is 29.0 Å². The van der Waals surface area contributed by atoms with E-state index in [9.17, 15) is 4.79 Å². The lowest BCUT2D eigenvalue weighted by Crippen LogP contribution is -2.07. The zero-order chi connectivity index (χ0) is 13.0. The molecule has 0 aliphatic carbocycles. The van der Waals surface area contributed by atoms with Gasteiger partial charge in [-0.25, -0.2) is 9.78 Å². The van der Waals surface area contributed by atoms with Crippen LogP contribution in [0.5, 0.6) is 0 Å². The van der Waals surface area contributed by atoms with Crippen molar-refractivity contribution in [1.29, 1.82) is 0 Å². The molecule has 0 saturated heterocycles. The van der Waals surface area contributed by atoms with Crippen LogP contribution in [0.4, 0.5) is 5.82 Å². The maximum Gasteiger partial charge on any atom is 0.358 e. The summed E-state index contributed by atoms with van der Waals surface area (Å²) in [6.07, 6.45) is 0. The van der Waals surface area contributed by atoms with Crippen LogP contribution in [0.2, 0.25) is 0 Å². The second kappa shape index (κ2) is 5.54. The first-order valence-electron chi connectivity index (χ1n) is 5.25. The van der Waals surface area contributed by atoms with Gasteiger partial charge in [-0.05, 0) is 19.1 Å². The van der Waals surface area contributed by atoms with Crippen LogP contribution in [0.1, 0.15) is 21.1 Å². The van der Waals surface area contributed by atoms with Gasteiger partial charge < -0.3 is 10.1 Å². The molecule has 0 spiro atoms. The first-order chi connectivity index (χ1) is 8.70. The number of rotatable bonds is 4. The van der Waals surface area contributed by atoms with Crippen LogP contribution in [0.3, 0.4) is 0 Å². The number of hydrogen-bond donors (Lipinski definition) is 1. The predicted octanol–water partition coefficient (Wildman–Crippen LogP) is 1.64. The van der Waals surface area contributed by atoms with Gasteiger partial charge in [0.05, 0.1) is 24.9 Å². The Balaban J connectivity index is 1.98. The number of carbonyl (C=O) groups excluding carboxylic acids is 1. The fraction of sp³-hybridized carbons (Fsp3) is 0.273. The summed E-state index contributed by atoms with van der Waals surface area (Å²) in [4.78, 5) is 16.5. The summed E-state index contributed by atoms with van der Waals surface area (Å²) < 4.78 is 4.54. The molecule has 0 saturated carbocycles. The summed E-state index contributed by atoms with van der Waals surface area (Å²) in [5, 5.41) is 10.8. The van der Waals surface area contributed by atoms with Crippen LogP contribution in [-0.2, 0) is 11.3 Å². The fourth-order valence-electron chi connectivity index (χ4n) is 1.31. The van der Waals surface area contributed by atoms with Crippen LogP contribution < -0.4 is 5.32 Å². The third kappa shape index (κ3) is 2.80. The molecule has 18 heavy (non-hydrogen) atoms. The first-order valence-corrected chi connectivity index (χ1v) is 6.13. The van der Waals surface area contributed by atoms with Crippen molar-refractivity contribution in [2.45, 2.75) is 13.5 Å². The quantitative estimate of drug-likeness (QED) is 0.846. The van der Waals surface area contributed by atoms with E-state index in [4.69, 9.17) is 0 Å². The molecule has 0 radical (unpaired) electrons. The number of aryl methyl sites for hydroxylation is 1. The van der Waals surface area contributed by atoms with E-state index in [0.29, 0.717) is 12.4 Å². The number of anilines is 1. The minimum atomic E-state index is -0.493. The molecule has 0 atom stereocenters. The van der Waals surface area contributed by atoms with Crippen molar-refractivity contribution < 1.29 is 9.53 Å². The molecular formula is C11H12N4O2S. The monoisotopic (exact) mass is 264 g/mol. The molecule has 2 aromatic rings. The van der Waals surface area contributed by atoms with Gasteiger partial charge in [0.25, 0.3) is 0 Å². The fourth-order valence-corrected chi connectivity index (χ4v) is 2.02. The Hall–Kier alpha value is -2.02. The number of aromatic nitrogens is 3. The number of methoxy groups -OCH3 is 1. The molecule has 2 aromatic heterocycles. The first kappa shape index (κ1) is 12.4. The summed E-state index contributed by atoms with van der Waals surface area (Å²) in [5.41, 5.74) is 3.00. The summed E-state index contributed by atoms with van der Waals surface area (Å²) in [7, 11) is 1.31. The van der Waals surface area contributed by atoms with Gasteiger partial charge >= 0.3 is 5.97 Å². The van der Waals surface area contributed by atoms with Gasteiger partial charge in [0.1, 0.15) is 5.82 Å². The van der Waals surface area contributed by atoms with E-state index in [1.807, 2.05) is 6.92 Å². The van der Waals surface area contributed by atoms with Crippen molar-refractivity contribution >= 4 is 23.1 Å². The van der Waals surface area contributed by atoms with Gasteiger partial charge in [0, 0.05) is 4.88 Å². The van der Waals surface area contributed by atoms with Crippen LogP contribution in [0.15, 0.2) is 17.6 Å². The molecule has 0 unspecified atom stereocenters. The van der Waals surface area contributed by atoms with Crippen LogP contribution in [0.25, 0.3) is 0 Å². The second-order valence-corrected chi connectivity index (χ2v) is 4.45. The molecule has 7 heteroatoms. The third-order valence-corrected chi connectivity index (χ3v) is 3.27. The number of thiazole rings is 1. The van der Waals surface area contributed by atoms with E-state index in [1.165, 1.54) is 7.11 Å². The smallest absolute Gasteiger partial charge is 0.358 e. The Morgan fingerprint density at radius 3 is 2.83 bits per heavy atom. The van der Waals surface area contributed by atoms with Crippen LogP contribution >= 0.6 is 11.3 Å². The average Bonchev–Trinajstić information content (AvgIpc) is 2.81. The number of carbonyl (C=O) groups is 1. The normalized spacial score (nSPS) is 10.1. The van der Waals surface area contributed by atoms with E-state index in [0.717, 1.165) is 10.6 Å². The Labute approximate surface area is 108 Å². The predicted molar refractivity (Wildman–Crippen MR) is 67.5 cm³/mol. The Morgan fingerprint density at radius 1 is 1.44 bits per heavy atom. The maximum atomic E-state index is 11.2. The molecule has 0 amide bonds. The Kier molecular flexibility index (Phi) is 3.83. The van der Waals surface area contributed by atoms with Crippen molar-refractivity contribution in [3.63, 3.8) is 0 Å². The summed E-state index contributed by atoms with van der Waals surface area (Å²) >= 11 is 1.58. The van der Waals surface area contributed by atoms with Gasteiger partial charge in [-0.1, -0.05) is 0 Å². The highest BCUT2D eigenvalue weighted by Crippen LogP contribution is 2.13. The second-order valence-electron chi connectivity index (χ2n) is 3.51. The molecule has 1 N–H and O–H groups in total. The summed E-state index contributed by atoms with van der Waals surface area (Å²) in [6.45, 7) is 2.60. The number of hydrogen-bond acceptors (Lipinski definition) is 7. The molecule has 94 valence electrons. The van der Waals surface area contributed by atoms with Crippen LogP contribution in [0, 0.1) is 6.92 Å². The van der Waals surface area contributed by atoms with E-state index in [2.05, 4.69) is 25.2 Å². The van der Waals surface area contributed by atoms with Gasteiger partial charge in [0.15, 0.2) is 5.69 Å². The SMILES string of the molecule is COC(=O)c1ccc(NCc2scnc2C)nn1. The van der Waals surface area contributed by atoms with Gasteiger partial charge in [-0.2, -0.15) is 0 Å². The number of nitrogens with one attached hydrogen (secondary N) is 1. The molecule has 0 aliphatic heterocycles. The maximum absolute atomic E-state index is 11.2. The molecule has 2 rings (SSSR count). The summed E-state index contributed by atoms with van der Waals surface area (Å²) in [5.74, 6) is 0.114. The molecule has 0 aromatic carbocycles. The van der Waals surface area contributed by atoms with Crippen molar-refractivity contribution in [3.8, 4) is 0 Å². The molecule has 0 bridgehead atoms. The van der Waals surface area contributed by atoms with Crippen molar-refractivity contribution in [3.05, 3.63) is 33.9 Å². The van der Waals surface area contributed by atoms with Gasteiger partial charge in [0.2, 0.25) is 0 Å². The van der Waals surface area contributed by atoms with Crippen LogP contribution in [-0.4, -0.2) is 28.3 Å². The molecule has 2 heterocycles. The topological polar surface area (TPSA) is 77.0 Å². The highest BCUT2D eigenvalue weighted by atomic mass is 32.1. The van der Waals surface area contributed by atoms with E-state index in [-0.39, 0.29) is 5.69 Å². The summed E-state index contributed by atoms with van der Waals surface area (Å²) in [6, 6.07) is 3.26. The zero-order valence-corrected chi connectivity index (χ0v) is 10.8. The zero-order valence-electron chi connectivity index (χ0n) is 10.0. The Bertz CT molecular complexity index is 538. The minimum absolute atomic E-state index is 0.192. The lowest BCUT2D eigenvalue weighted by molar-refractivity contribution is 0.0593. The van der Waals surface area contributed by atoms with Gasteiger partial charge in [-0.3, -0.25) is 0 Å². The molecular weight excluding hydrogens is 252 g/mol. The minimum Gasteiger partial charge on any atom is -0.464 e. The highest BCUT2D eigenvalue weighted by Gasteiger charge is 2.07. The third-order valence-electron chi connectivity index (χ3n) is 2.33. The van der Waals surface area contributed by atoms with E-state index >= 15 is 0 Å². The largest absolute Gasteiger partial charge is 0.464 e. The standard InChI is InChI=1S/C11H12N4O2S/c1-7-9(18-6-13-7)5-12-10-4-3-8(14-15-10)11(16)17-2/h3-4,6H,5H2,1-2H3,(H,12,15). The number of esters is 1. The Morgan fingerprint density at radius 2 is 2.28 bits per heavy atom. The lowest BCUT2D eigenvalue weighted by Gasteiger charge is -2.04. The average molecular weight is 264 g/mol. The van der Waals surface area contributed by atoms with E-state index < -0.39 is 5.97 Å². The molecule has 0 aliphatic rings. The molecule has 6 nitrogen and oxygen atoms in total. The molecule has 0 fully saturated rings. The van der Waals surface area contributed by atoms with Gasteiger partial charge in [-0.15, -0.1) is 21.5 Å². The van der Waals surface area contributed by atoms with Crippen molar-refractivity contribution in [2.75, 3.05) is 12.4 Å².